The number of rotatable bonds is 8. The van der Waals surface area contributed by atoms with Crippen LogP contribution in [0.1, 0.15) is 36.8 Å². The number of nitrogens with one attached hydrogen (secondary N) is 1. The van der Waals surface area contributed by atoms with E-state index in [1.54, 1.807) is 23.1 Å². The van der Waals surface area contributed by atoms with Gasteiger partial charge in [0.05, 0.1) is 10.6 Å². The number of aryl methyl sites for hydroxylation is 1. The fourth-order valence-corrected chi connectivity index (χ4v) is 4.34. The number of thiocarbonyl (C=S) groups is 1. The van der Waals surface area contributed by atoms with Crippen LogP contribution < -0.4 is 5.32 Å². The van der Waals surface area contributed by atoms with Crippen LogP contribution in [0, 0.1) is 6.92 Å². The number of thioether (sulfide) groups is 1. The number of para-hydroxylation sites is 2. The van der Waals surface area contributed by atoms with E-state index in [1.165, 1.54) is 23.4 Å². The molecule has 0 bridgehead atoms. The van der Waals surface area contributed by atoms with Gasteiger partial charge >= 0.3 is 0 Å². The summed E-state index contributed by atoms with van der Waals surface area (Å²) < 4.78 is 0.579. The van der Waals surface area contributed by atoms with E-state index in [2.05, 4.69) is 5.32 Å². The van der Waals surface area contributed by atoms with Gasteiger partial charge in [-0.25, -0.2) is 0 Å². The second-order valence-electron chi connectivity index (χ2n) is 7.12. The van der Waals surface area contributed by atoms with Crippen molar-refractivity contribution < 1.29 is 14.7 Å². The van der Waals surface area contributed by atoms with Crippen molar-refractivity contribution in [3.05, 3.63) is 64.6 Å². The Balaban J connectivity index is 1.42. The molecule has 30 heavy (non-hydrogen) atoms. The monoisotopic (exact) mass is 440 g/mol. The average Bonchev–Trinajstić information content (AvgIpc) is 2.98. The summed E-state index contributed by atoms with van der Waals surface area (Å²) >= 11 is 6.71. The molecule has 156 valence electrons. The normalized spacial score (nSPS) is 15.1. The Bertz CT molecular complexity index is 971. The number of aromatic hydroxyl groups is 1. The van der Waals surface area contributed by atoms with Gasteiger partial charge in [0.1, 0.15) is 10.1 Å². The molecule has 0 aromatic heterocycles. The van der Waals surface area contributed by atoms with E-state index in [9.17, 15) is 14.7 Å². The highest BCUT2D eigenvalue weighted by Gasteiger charge is 2.31. The topological polar surface area (TPSA) is 69.6 Å². The number of phenols is 1. The van der Waals surface area contributed by atoms with Crippen LogP contribution in [0.4, 0.5) is 5.69 Å². The van der Waals surface area contributed by atoms with Crippen molar-refractivity contribution in [2.45, 2.75) is 32.6 Å². The first-order chi connectivity index (χ1) is 14.4. The molecule has 0 radical (unpaired) electrons. The van der Waals surface area contributed by atoms with Gasteiger partial charge < -0.3 is 10.4 Å². The van der Waals surface area contributed by atoms with Gasteiger partial charge in [-0.15, -0.1) is 0 Å². The van der Waals surface area contributed by atoms with Gasteiger partial charge in [-0.2, -0.15) is 0 Å². The zero-order valence-electron chi connectivity index (χ0n) is 16.8. The summed E-state index contributed by atoms with van der Waals surface area (Å²) in [4.78, 5) is 26.9. The van der Waals surface area contributed by atoms with E-state index in [0.717, 1.165) is 18.4 Å². The number of phenolic OH excluding ortho intramolecular Hbond substituents is 1. The van der Waals surface area contributed by atoms with Crippen molar-refractivity contribution >= 4 is 51.9 Å². The van der Waals surface area contributed by atoms with Gasteiger partial charge in [-0.1, -0.05) is 72.4 Å². The van der Waals surface area contributed by atoms with Crippen molar-refractivity contribution in [3.8, 4) is 5.75 Å². The molecule has 0 spiro atoms. The van der Waals surface area contributed by atoms with Crippen LogP contribution in [0.15, 0.2) is 53.4 Å². The Labute approximate surface area is 186 Å². The third kappa shape index (κ3) is 5.93. The minimum atomic E-state index is -0.136. The number of carbonyl (C=O) groups is 2. The summed E-state index contributed by atoms with van der Waals surface area (Å²) in [5.74, 6) is -0.134. The van der Waals surface area contributed by atoms with Crippen LogP contribution in [-0.4, -0.2) is 32.7 Å². The number of hydrogen-bond donors (Lipinski definition) is 2. The summed E-state index contributed by atoms with van der Waals surface area (Å²) in [6.45, 7) is 2.58. The van der Waals surface area contributed by atoms with Gasteiger partial charge in [-0.05, 0) is 43.5 Å². The quantitative estimate of drug-likeness (QED) is 0.259. The predicted octanol–water partition coefficient (Wildman–Crippen LogP) is 5.10. The maximum atomic E-state index is 12.7. The molecule has 7 heteroatoms. The SMILES string of the molecule is Cc1ccc(/C=C2\SC(=S)N(CCCCCC(=O)Nc3ccccc3O)C2=O)cc1. The molecule has 1 fully saturated rings. The van der Waals surface area contributed by atoms with E-state index in [0.29, 0.717) is 34.3 Å². The van der Waals surface area contributed by atoms with Crippen LogP contribution in [0.3, 0.4) is 0 Å². The first kappa shape index (κ1) is 22.1. The standard InChI is InChI=1S/C23H24N2O3S2/c1-16-10-12-17(13-11-16)15-20-22(28)25(23(29)30-20)14-6-2-3-9-21(27)24-18-7-4-5-8-19(18)26/h4-5,7-8,10-13,15,26H,2-3,6,9,14H2,1H3,(H,24,27)/b20-15-. The molecular formula is C23H24N2O3S2. The Morgan fingerprint density at radius 3 is 2.60 bits per heavy atom. The first-order valence-corrected chi connectivity index (χ1v) is 11.1. The molecule has 1 aliphatic heterocycles. The molecule has 3 rings (SSSR count). The number of hydrogen-bond acceptors (Lipinski definition) is 5. The fraction of sp³-hybridized carbons (Fsp3) is 0.261. The Kier molecular flexibility index (Phi) is 7.65. The second kappa shape index (κ2) is 10.4. The van der Waals surface area contributed by atoms with Gasteiger partial charge in [0.2, 0.25) is 5.91 Å². The third-order valence-electron chi connectivity index (χ3n) is 4.71. The highest BCUT2D eigenvalue weighted by molar-refractivity contribution is 8.26. The highest BCUT2D eigenvalue weighted by Crippen LogP contribution is 2.32. The molecule has 2 aromatic rings. The second-order valence-corrected chi connectivity index (χ2v) is 8.80. The van der Waals surface area contributed by atoms with E-state index < -0.39 is 0 Å². The minimum absolute atomic E-state index is 0.0529. The smallest absolute Gasteiger partial charge is 0.266 e. The van der Waals surface area contributed by atoms with Gasteiger partial charge in [-0.3, -0.25) is 14.5 Å². The predicted molar refractivity (Wildman–Crippen MR) is 126 cm³/mol. The number of amides is 2. The van der Waals surface area contributed by atoms with Crippen molar-refractivity contribution in [3.63, 3.8) is 0 Å². The van der Waals surface area contributed by atoms with Gasteiger partial charge in [0, 0.05) is 13.0 Å². The van der Waals surface area contributed by atoms with Crippen LogP contribution in [-0.2, 0) is 9.59 Å². The molecule has 2 aromatic carbocycles. The summed E-state index contributed by atoms with van der Waals surface area (Å²) in [6, 6.07) is 14.7. The van der Waals surface area contributed by atoms with Gasteiger partial charge in [0.25, 0.3) is 5.91 Å². The van der Waals surface area contributed by atoms with Gasteiger partial charge in [0.15, 0.2) is 0 Å². The van der Waals surface area contributed by atoms with Crippen molar-refractivity contribution in [2.24, 2.45) is 0 Å². The maximum Gasteiger partial charge on any atom is 0.266 e. The summed E-state index contributed by atoms with van der Waals surface area (Å²) in [7, 11) is 0. The molecule has 1 heterocycles. The molecule has 0 unspecified atom stereocenters. The van der Waals surface area contributed by atoms with E-state index >= 15 is 0 Å². The summed E-state index contributed by atoms with van der Waals surface area (Å²) in [6.07, 6.45) is 4.52. The molecule has 1 aliphatic rings. The number of carbonyl (C=O) groups excluding carboxylic acids is 2. The zero-order valence-corrected chi connectivity index (χ0v) is 18.4. The van der Waals surface area contributed by atoms with E-state index in [-0.39, 0.29) is 17.6 Å². The van der Waals surface area contributed by atoms with Crippen molar-refractivity contribution in [2.75, 3.05) is 11.9 Å². The lowest BCUT2D eigenvalue weighted by Crippen LogP contribution is -2.29. The summed E-state index contributed by atoms with van der Waals surface area (Å²) in [5.41, 5.74) is 2.57. The lowest BCUT2D eigenvalue weighted by atomic mass is 10.1. The first-order valence-electron chi connectivity index (χ1n) is 9.84. The third-order valence-corrected chi connectivity index (χ3v) is 6.09. The van der Waals surface area contributed by atoms with Crippen molar-refractivity contribution in [1.29, 1.82) is 0 Å². The molecule has 1 saturated heterocycles. The fourth-order valence-electron chi connectivity index (χ4n) is 3.03. The molecule has 0 atom stereocenters. The Hall–Kier alpha value is -2.64. The Morgan fingerprint density at radius 1 is 1.13 bits per heavy atom. The van der Waals surface area contributed by atoms with E-state index in [4.69, 9.17) is 12.2 Å². The highest BCUT2D eigenvalue weighted by atomic mass is 32.2. The average molecular weight is 441 g/mol. The lowest BCUT2D eigenvalue weighted by molar-refractivity contribution is -0.122. The Morgan fingerprint density at radius 2 is 1.87 bits per heavy atom. The molecule has 2 N–H and O–H groups in total. The number of nitrogens with zero attached hydrogens (tertiary/aromatic N) is 1. The van der Waals surface area contributed by atoms with Crippen LogP contribution in [0.2, 0.25) is 0 Å². The van der Waals surface area contributed by atoms with Crippen LogP contribution in [0.5, 0.6) is 5.75 Å². The summed E-state index contributed by atoms with van der Waals surface area (Å²) in [5, 5.41) is 12.4. The number of anilines is 1. The molecule has 0 saturated carbocycles. The molecule has 0 aliphatic carbocycles. The molecular weight excluding hydrogens is 416 g/mol. The lowest BCUT2D eigenvalue weighted by Gasteiger charge is -2.14. The number of unbranched alkanes of at least 4 members (excludes halogenated alkanes) is 2. The molecule has 5 nitrogen and oxygen atoms in total. The zero-order chi connectivity index (χ0) is 21.5. The largest absolute Gasteiger partial charge is 0.506 e. The minimum Gasteiger partial charge on any atom is -0.506 e. The van der Waals surface area contributed by atoms with Crippen molar-refractivity contribution in [1.82, 2.24) is 4.90 Å². The maximum absolute atomic E-state index is 12.7. The number of benzene rings is 2. The van der Waals surface area contributed by atoms with Crippen LogP contribution >= 0.6 is 24.0 Å². The van der Waals surface area contributed by atoms with E-state index in [1.807, 2.05) is 37.3 Å². The van der Waals surface area contributed by atoms with Crippen LogP contribution in [0.25, 0.3) is 6.08 Å². The molecule has 2 amide bonds.